The molecule has 1 fully saturated rings. The Labute approximate surface area is 264 Å². The summed E-state index contributed by atoms with van der Waals surface area (Å²) in [5, 5.41) is 4.02. The van der Waals surface area contributed by atoms with Gasteiger partial charge in [0.05, 0.1) is 16.7 Å². The highest BCUT2D eigenvalue weighted by molar-refractivity contribution is 7.71. The van der Waals surface area contributed by atoms with Gasteiger partial charge in [-0.3, -0.25) is 9.55 Å². The lowest BCUT2D eigenvalue weighted by Crippen LogP contribution is -2.49. The Kier molecular flexibility index (Phi) is 9.40. The summed E-state index contributed by atoms with van der Waals surface area (Å²) in [4.78, 5) is 58.1. The second kappa shape index (κ2) is 13.6. The van der Waals surface area contributed by atoms with E-state index >= 15 is 0 Å². The quantitative estimate of drug-likeness (QED) is 0.0622. The third-order valence-electron chi connectivity index (χ3n) is 6.65. The van der Waals surface area contributed by atoms with Crippen molar-refractivity contribution in [1.29, 1.82) is 0 Å². The van der Waals surface area contributed by atoms with Gasteiger partial charge >= 0.3 is 23.6 Å². The Morgan fingerprint density at radius 1 is 0.933 bits per heavy atom. The number of rotatable bonds is 9. The van der Waals surface area contributed by atoms with E-state index in [4.69, 9.17) is 42.8 Å². The normalized spacial score (nSPS) is 20.4. The number of H-pyrrole nitrogens is 1. The zero-order valence-electron chi connectivity index (χ0n) is 23.0. The summed E-state index contributed by atoms with van der Waals surface area (Å²) in [5.74, 6) is -2.67. The predicted octanol–water partition coefficient (Wildman–Crippen LogP) is 5.40. The molecule has 1 aliphatic heterocycles. The van der Waals surface area contributed by atoms with Crippen LogP contribution in [0.2, 0.25) is 5.02 Å². The fraction of sp³-hybridized carbons (Fsp3) is 0.167. The van der Waals surface area contributed by atoms with E-state index in [2.05, 4.69) is 15.0 Å². The van der Waals surface area contributed by atoms with Gasteiger partial charge in [0.1, 0.15) is 11.2 Å². The lowest BCUT2D eigenvalue weighted by Gasteiger charge is -2.29. The zero-order valence-corrected chi connectivity index (χ0v) is 24.6. The standard InChI is InChI=1S/C30H22ClN5O8S/c31-21-13-7-12-20(16-21)26(37)41-17-30(34-35-32)24(43-28(39)19-10-5-2-6-11-19)23(42-27(38)18-8-3-1-4-9-18)25(44-30)36-15-14-22(45)33-29(36)40/h1-16,23-25H,17H2,(H,33,40,45)/t23-,24+,25-,30-/m1/s1. The molecule has 0 radical (unpaired) electrons. The topological polar surface area (TPSA) is 175 Å². The molecule has 0 bridgehead atoms. The van der Waals surface area contributed by atoms with Crippen molar-refractivity contribution in [3.8, 4) is 0 Å². The van der Waals surface area contributed by atoms with Crippen LogP contribution in [-0.2, 0) is 18.9 Å². The molecule has 15 heteroatoms. The van der Waals surface area contributed by atoms with E-state index in [1.165, 1.54) is 54.7 Å². The number of aromatic nitrogens is 2. The zero-order chi connectivity index (χ0) is 32.0. The number of benzene rings is 3. The molecule has 1 N–H and O–H groups in total. The Morgan fingerprint density at radius 3 is 2.16 bits per heavy atom. The molecule has 4 atom stereocenters. The van der Waals surface area contributed by atoms with Gasteiger partial charge in [0.25, 0.3) is 0 Å². The number of hydrogen-bond donors (Lipinski definition) is 1. The number of esters is 3. The number of nitrogens with one attached hydrogen (secondary N) is 1. The van der Waals surface area contributed by atoms with Gasteiger partial charge in [-0.15, -0.1) is 0 Å². The van der Waals surface area contributed by atoms with Gasteiger partial charge < -0.3 is 18.9 Å². The molecule has 1 aliphatic rings. The van der Waals surface area contributed by atoms with Gasteiger partial charge in [-0.2, -0.15) is 0 Å². The van der Waals surface area contributed by atoms with E-state index < -0.39 is 54.4 Å². The first-order chi connectivity index (χ1) is 21.7. The molecule has 0 spiro atoms. The van der Waals surface area contributed by atoms with E-state index in [1.54, 1.807) is 42.5 Å². The molecule has 2 heterocycles. The number of hydrogen-bond acceptors (Lipinski definition) is 10. The first-order valence-electron chi connectivity index (χ1n) is 13.2. The second-order valence-electron chi connectivity index (χ2n) is 9.57. The van der Waals surface area contributed by atoms with Crippen molar-refractivity contribution in [2.45, 2.75) is 24.2 Å². The fourth-order valence-corrected chi connectivity index (χ4v) is 4.90. The number of azide groups is 1. The lowest BCUT2D eigenvalue weighted by atomic mass is 10.0. The third kappa shape index (κ3) is 6.95. The van der Waals surface area contributed by atoms with Crippen molar-refractivity contribution in [1.82, 2.24) is 9.55 Å². The predicted molar refractivity (Wildman–Crippen MR) is 161 cm³/mol. The maximum Gasteiger partial charge on any atom is 0.338 e. The molecule has 0 saturated carbocycles. The van der Waals surface area contributed by atoms with E-state index in [1.807, 2.05) is 0 Å². The Morgan fingerprint density at radius 2 is 1.56 bits per heavy atom. The third-order valence-corrected chi connectivity index (χ3v) is 7.13. The minimum absolute atomic E-state index is 0.0601. The van der Waals surface area contributed by atoms with Gasteiger partial charge in [0.2, 0.25) is 5.72 Å². The van der Waals surface area contributed by atoms with E-state index in [9.17, 15) is 24.7 Å². The van der Waals surface area contributed by atoms with Gasteiger partial charge in [-0.1, -0.05) is 71.4 Å². The molecule has 228 valence electrons. The van der Waals surface area contributed by atoms with Crippen LogP contribution in [0.3, 0.4) is 0 Å². The number of carbonyl (C=O) groups is 3. The molecular weight excluding hydrogens is 626 g/mol. The van der Waals surface area contributed by atoms with Gasteiger partial charge in [-0.25, -0.2) is 19.2 Å². The maximum atomic E-state index is 13.4. The number of halogens is 1. The molecule has 0 aliphatic carbocycles. The molecule has 45 heavy (non-hydrogen) atoms. The van der Waals surface area contributed by atoms with Gasteiger partial charge in [0.15, 0.2) is 18.4 Å². The molecule has 0 unspecified atom stereocenters. The van der Waals surface area contributed by atoms with Crippen LogP contribution in [0.25, 0.3) is 10.4 Å². The van der Waals surface area contributed by atoms with Gasteiger partial charge in [0, 0.05) is 16.1 Å². The summed E-state index contributed by atoms with van der Waals surface area (Å²) in [7, 11) is 0. The summed E-state index contributed by atoms with van der Waals surface area (Å²) < 4.78 is 24.3. The van der Waals surface area contributed by atoms with Crippen LogP contribution in [0.4, 0.5) is 0 Å². The van der Waals surface area contributed by atoms with Crippen LogP contribution in [0.5, 0.6) is 0 Å². The minimum atomic E-state index is -2.34. The molecule has 1 saturated heterocycles. The Balaban J connectivity index is 1.61. The maximum absolute atomic E-state index is 13.4. The highest BCUT2D eigenvalue weighted by Gasteiger charge is 2.61. The van der Waals surface area contributed by atoms with Crippen molar-refractivity contribution >= 4 is 41.7 Å². The summed E-state index contributed by atoms with van der Waals surface area (Å²) in [6, 6.07) is 22.9. The van der Waals surface area contributed by atoms with Crippen LogP contribution in [0.1, 0.15) is 37.3 Å². The largest absolute Gasteiger partial charge is 0.459 e. The van der Waals surface area contributed by atoms with Crippen molar-refractivity contribution in [3.05, 3.63) is 144 Å². The van der Waals surface area contributed by atoms with Crippen molar-refractivity contribution in [2.75, 3.05) is 6.61 Å². The molecule has 0 amide bonds. The first kappa shape index (κ1) is 31.2. The highest BCUT2D eigenvalue weighted by Crippen LogP contribution is 2.43. The van der Waals surface area contributed by atoms with Crippen LogP contribution >= 0.6 is 23.8 Å². The number of carbonyl (C=O) groups excluding carboxylic acids is 3. The second-order valence-corrected chi connectivity index (χ2v) is 10.5. The monoisotopic (exact) mass is 647 g/mol. The summed E-state index contributed by atoms with van der Waals surface area (Å²) in [6.45, 7) is -0.831. The lowest BCUT2D eigenvalue weighted by molar-refractivity contribution is -0.129. The average molecular weight is 648 g/mol. The van der Waals surface area contributed by atoms with E-state index in [0.29, 0.717) is 0 Å². The number of nitrogens with zero attached hydrogens (tertiary/aromatic N) is 4. The van der Waals surface area contributed by atoms with E-state index in [-0.39, 0.29) is 26.4 Å². The fourth-order valence-electron chi connectivity index (χ4n) is 4.56. The molecule has 13 nitrogen and oxygen atoms in total. The summed E-state index contributed by atoms with van der Waals surface area (Å²) >= 11 is 11.1. The number of aromatic amines is 1. The summed E-state index contributed by atoms with van der Waals surface area (Å²) in [6.07, 6.45) is -3.68. The van der Waals surface area contributed by atoms with Crippen molar-refractivity contribution in [2.24, 2.45) is 5.11 Å². The first-order valence-corrected chi connectivity index (χ1v) is 14.0. The van der Waals surface area contributed by atoms with E-state index in [0.717, 1.165) is 4.57 Å². The smallest absolute Gasteiger partial charge is 0.338 e. The number of ether oxygens (including phenoxy) is 4. The molecular formula is C30H22ClN5O8S. The SMILES string of the molecule is [N-]=[N+]=N[C@]1(COC(=O)c2cccc(Cl)c2)O[C@@H](n2ccc(=S)[nH]c2=O)[C@H](OC(=O)c2ccccc2)[C@@H]1OC(=O)c1ccccc1. The Bertz CT molecular complexity index is 1900. The molecule has 1 aromatic heterocycles. The minimum Gasteiger partial charge on any atom is -0.459 e. The highest BCUT2D eigenvalue weighted by atomic mass is 35.5. The molecule has 4 aromatic rings. The van der Waals surface area contributed by atoms with Crippen molar-refractivity contribution in [3.63, 3.8) is 0 Å². The Hall–Kier alpha value is -5.27. The summed E-state index contributed by atoms with van der Waals surface area (Å²) in [5.41, 5.74) is 6.81. The van der Waals surface area contributed by atoms with Gasteiger partial charge in [-0.05, 0) is 54.1 Å². The van der Waals surface area contributed by atoms with Crippen LogP contribution in [0.15, 0.2) is 107 Å². The molecule has 3 aromatic carbocycles. The van der Waals surface area contributed by atoms with Crippen LogP contribution < -0.4 is 5.69 Å². The molecule has 5 rings (SSSR count). The average Bonchev–Trinajstić information content (AvgIpc) is 3.32. The van der Waals surface area contributed by atoms with Crippen LogP contribution in [-0.4, -0.2) is 52.0 Å². The van der Waals surface area contributed by atoms with Crippen LogP contribution in [0, 0.1) is 4.64 Å². The van der Waals surface area contributed by atoms with Crippen molar-refractivity contribution < 1.29 is 33.3 Å².